The van der Waals surface area contributed by atoms with E-state index in [1.165, 1.54) is 6.20 Å². The van der Waals surface area contributed by atoms with E-state index in [4.69, 9.17) is 18.9 Å². The second-order valence-corrected chi connectivity index (χ2v) is 13.5. The van der Waals surface area contributed by atoms with Gasteiger partial charge in [0.1, 0.15) is 12.7 Å². The number of esters is 3. The van der Waals surface area contributed by atoms with Gasteiger partial charge in [0.25, 0.3) is 0 Å². The first-order valence-corrected chi connectivity index (χ1v) is 18.4. The zero-order valence-electron chi connectivity index (χ0n) is 31.5. The molecule has 0 unspecified atom stereocenters. The van der Waals surface area contributed by atoms with E-state index >= 15 is 0 Å². The molecular weight excluding hydrogens is 688 g/mol. The van der Waals surface area contributed by atoms with Crippen molar-refractivity contribution in [2.45, 2.75) is 84.8 Å². The van der Waals surface area contributed by atoms with Crippen LogP contribution in [0.5, 0.6) is 0 Å². The van der Waals surface area contributed by atoms with Crippen molar-refractivity contribution in [2.24, 2.45) is 4.99 Å². The van der Waals surface area contributed by atoms with Gasteiger partial charge in [0.05, 0.1) is 23.0 Å². The van der Waals surface area contributed by atoms with Gasteiger partial charge in [-0.15, -0.1) is 0 Å². The summed E-state index contributed by atoms with van der Waals surface area (Å²) in [6, 6.07) is 21.9. The molecule has 0 spiro atoms. The van der Waals surface area contributed by atoms with Crippen LogP contribution in [0.1, 0.15) is 93.5 Å². The molecule has 54 heavy (non-hydrogen) atoms. The van der Waals surface area contributed by atoms with Crippen LogP contribution in [0.3, 0.4) is 0 Å². The van der Waals surface area contributed by atoms with E-state index in [0.29, 0.717) is 5.56 Å². The number of hydrogen-bond donors (Lipinski definition) is 0. The van der Waals surface area contributed by atoms with Gasteiger partial charge >= 0.3 is 23.6 Å². The van der Waals surface area contributed by atoms with Crippen molar-refractivity contribution in [1.82, 2.24) is 14.5 Å². The molecule has 5 rings (SSSR count). The quantitative estimate of drug-likeness (QED) is 0.0515. The number of aryl methyl sites for hydroxylation is 3. The lowest BCUT2D eigenvalue weighted by Crippen LogP contribution is -2.42. The normalized spacial score (nSPS) is 18.0. The Bertz CT molecular complexity index is 1950. The average molecular weight is 737 g/mol. The van der Waals surface area contributed by atoms with Gasteiger partial charge in [-0.25, -0.2) is 24.2 Å². The van der Waals surface area contributed by atoms with Gasteiger partial charge in [-0.1, -0.05) is 79.8 Å². The van der Waals surface area contributed by atoms with Gasteiger partial charge in [-0.2, -0.15) is 4.98 Å². The zero-order chi connectivity index (χ0) is 38.6. The Hall–Kier alpha value is -5.62. The lowest BCUT2D eigenvalue weighted by molar-refractivity contribution is -0.0639. The number of carbonyl (C=O) groups excluding carboxylic acids is 3. The Morgan fingerprint density at radius 1 is 0.741 bits per heavy atom. The highest BCUT2D eigenvalue weighted by Gasteiger charge is 2.51. The molecule has 1 aromatic heterocycles. The molecule has 4 atom stereocenters. The van der Waals surface area contributed by atoms with Gasteiger partial charge < -0.3 is 23.8 Å². The topological polar surface area (TPSA) is 139 Å². The molecule has 2 heterocycles. The van der Waals surface area contributed by atoms with E-state index in [9.17, 15) is 19.2 Å². The summed E-state index contributed by atoms with van der Waals surface area (Å²) < 4.78 is 25.2. The molecule has 0 bridgehead atoms. The van der Waals surface area contributed by atoms with Crippen molar-refractivity contribution in [3.05, 3.63) is 129 Å². The minimum atomic E-state index is -1.36. The van der Waals surface area contributed by atoms with E-state index in [2.05, 4.69) is 28.7 Å². The highest BCUT2D eigenvalue weighted by atomic mass is 16.7. The number of rotatable bonds is 16. The number of benzene rings is 3. The summed E-state index contributed by atoms with van der Waals surface area (Å²) in [6.07, 6.45) is 2.10. The fourth-order valence-electron chi connectivity index (χ4n) is 5.79. The van der Waals surface area contributed by atoms with E-state index in [0.717, 1.165) is 60.0 Å². The van der Waals surface area contributed by atoms with Crippen LogP contribution in [-0.2, 0) is 18.9 Å². The lowest BCUT2D eigenvalue weighted by Gasteiger charge is -2.25. The fraction of sp³-hybridized carbons (Fsp3) is 0.381. The van der Waals surface area contributed by atoms with Crippen LogP contribution in [0.4, 0.5) is 5.82 Å². The maximum absolute atomic E-state index is 13.7. The summed E-state index contributed by atoms with van der Waals surface area (Å²) in [5.74, 6) is -1.90. The third-order valence-electron chi connectivity index (χ3n) is 9.05. The monoisotopic (exact) mass is 736 g/mol. The number of carbonyl (C=O) groups is 3. The maximum Gasteiger partial charge on any atom is 0.351 e. The SMILES string of the molecule is CCCCN(C=Nc1ccn([C@@H]2O[C@H](COC(=O)c3ccc(C)cc3)[C@@H](OC(=O)c3ccc(C)cc3)[C@H]2OC(=O)c2ccc(C)cc2)c(=O)n1)CCCC. The minimum Gasteiger partial charge on any atom is -0.459 e. The lowest BCUT2D eigenvalue weighted by atomic mass is 10.1. The summed E-state index contributed by atoms with van der Waals surface area (Å²) in [4.78, 5) is 64.7. The van der Waals surface area contributed by atoms with Crippen molar-refractivity contribution in [1.29, 1.82) is 0 Å². The highest BCUT2D eigenvalue weighted by Crippen LogP contribution is 2.35. The number of hydrogen-bond acceptors (Lipinski definition) is 10. The summed E-state index contributed by atoms with van der Waals surface area (Å²) >= 11 is 0. The average Bonchev–Trinajstić information content (AvgIpc) is 3.49. The molecular formula is C42H48N4O8. The van der Waals surface area contributed by atoms with Crippen LogP contribution in [0.2, 0.25) is 0 Å². The molecule has 4 aromatic rings. The van der Waals surface area contributed by atoms with Gasteiger partial charge in [0, 0.05) is 19.3 Å². The molecule has 0 N–H and O–H groups in total. The van der Waals surface area contributed by atoms with E-state index < -0.39 is 48.1 Å². The van der Waals surface area contributed by atoms with Gasteiger partial charge in [-0.3, -0.25) is 4.57 Å². The van der Waals surface area contributed by atoms with Crippen LogP contribution in [0.25, 0.3) is 0 Å². The number of aromatic nitrogens is 2. The molecule has 1 aliphatic heterocycles. The maximum atomic E-state index is 13.7. The van der Waals surface area contributed by atoms with Crippen molar-refractivity contribution >= 4 is 30.1 Å². The molecule has 12 heteroatoms. The first kappa shape index (κ1) is 39.6. The highest BCUT2D eigenvalue weighted by molar-refractivity contribution is 5.91. The summed E-state index contributed by atoms with van der Waals surface area (Å²) in [5.41, 5.74) is 2.91. The van der Waals surface area contributed by atoms with Gasteiger partial charge in [-0.05, 0) is 76.1 Å². The van der Waals surface area contributed by atoms with Crippen LogP contribution in [0, 0.1) is 20.8 Å². The van der Waals surface area contributed by atoms with E-state index in [-0.39, 0.29) is 23.6 Å². The first-order chi connectivity index (χ1) is 26.1. The molecule has 0 saturated carbocycles. The third-order valence-corrected chi connectivity index (χ3v) is 9.05. The van der Waals surface area contributed by atoms with Crippen molar-refractivity contribution in [3.8, 4) is 0 Å². The molecule has 1 fully saturated rings. The molecule has 284 valence electrons. The van der Waals surface area contributed by atoms with E-state index in [1.54, 1.807) is 85.2 Å². The summed E-state index contributed by atoms with van der Waals surface area (Å²) in [7, 11) is 0. The van der Waals surface area contributed by atoms with Crippen LogP contribution < -0.4 is 5.69 Å². The van der Waals surface area contributed by atoms with Crippen molar-refractivity contribution in [3.63, 3.8) is 0 Å². The predicted molar refractivity (Wildman–Crippen MR) is 204 cm³/mol. The van der Waals surface area contributed by atoms with Crippen molar-refractivity contribution < 1.29 is 33.3 Å². The van der Waals surface area contributed by atoms with E-state index in [1.807, 2.05) is 20.8 Å². The predicted octanol–water partition coefficient (Wildman–Crippen LogP) is 6.94. The summed E-state index contributed by atoms with van der Waals surface area (Å²) in [6.45, 7) is 11.2. The molecule has 1 saturated heterocycles. The Labute approximate surface area is 315 Å². The second kappa shape index (κ2) is 18.9. The minimum absolute atomic E-state index is 0.186. The fourth-order valence-corrected chi connectivity index (χ4v) is 5.79. The molecule has 12 nitrogen and oxygen atoms in total. The number of unbranched alkanes of at least 4 members (excludes halogenated alkanes) is 2. The molecule has 0 amide bonds. The van der Waals surface area contributed by atoms with Gasteiger partial charge in [0.15, 0.2) is 24.3 Å². The first-order valence-electron chi connectivity index (χ1n) is 18.4. The van der Waals surface area contributed by atoms with Crippen LogP contribution in [0.15, 0.2) is 94.8 Å². The third kappa shape index (κ3) is 10.5. The number of ether oxygens (including phenoxy) is 4. The summed E-state index contributed by atoms with van der Waals surface area (Å²) in [5, 5.41) is 0. The van der Waals surface area contributed by atoms with Crippen LogP contribution in [-0.4, -0.2) is 76.7 Å². The van der Waals surface area contributed by atoms with Crippen LogP contribution >= 0.6 is 0 Å². The Morgan fingerprint density at radius 3 is 1.70 bits per heavy atom. The molecule has 1 aliphatic rings. The number of nitrogens with zero attached hydrogens (tertiary/aromatic N) is 4. The molecule has 3 aromatic carbocycles. The Kier molecular flexibility index (Phi) is 13.9. The Morgan fingerprint density at radius 2 is 1.22 bits per heavy atom. The zero-order valence-corrected chi connectivity index (χ0v) is 31.5. The standard InChI is InChI=1S/C42H48N4O8/c1-6-8-23-45(24-9-7-2)27-43-35-22-25-46(42(50)44-35)38-37(54-41(49)33-20-14-30(5)15-21-33)36(53-40(48)32-18-12-29(4)13-19-32)34(52-38)26-51-39(47)31-16-10-28(3)11-17-31/h10-22,25,27,34,36-38H,6-9,23-24,26H2,1-5H3/t34-,36-,37-,38-/m1/s1. The molecule has 0 radical (unpaired) electrons. The second-order valence-electron chi connectivity index (χ2n) is 13.5. The number of aliphatic imine (C=N–C) groups is 1. The smallest absolute Gasteiger partial charge is 0.351 e. The largest absolute Gasteiger partial charge is 0.459 e. The molecule has 0 aliphatic carbocycles. The van der Waals surface area contributed by atoms with Crippen molar-refractivity contribution in [2.75, 3.05) is 19.7 Å². The van der Waals surface area contributed by atoms with Gasteiger partial charge in [0.2, 0.25) is 0 Å². The Balaban J connectivity index is 1.49.